The van der Waals surface area contributed by atoms with E-state index in [1.165, 1.54) is 57.8 Å². The molecule has 2 fully saturated rings. The van der Waals surface area contributed by atoms with E-state index in [2.05, 4.69) is 0 Å². The maximum atomic E-state index is 11.8. The van der Waals surface area contributed by atoms with E-state index >= 15 is 0 Å². The Bertz CT molecular complexity index is 197. The van der Waals surface area contributed by atoms with Crippen molar-refractivity contribution < 1.29 is 4.79 Å². The highest BCUT2D eigenvalue weighted by molar-refractivity contribution is 5.78. The molecule has 0 radical (unpaired) electrons. The molecule has 0 atom stereocenters. The molecule has 0 bridgehead atoms. The van der Waals surface area contributed by atoms with Crippen molar-refractivity contribution in [2.75, 3.05) is 0 Å². The van der Waals surface area contributed by atoms with Gasteiger partial charge in [0.15, 0.2) is 0 Å². The summed E-state index contributed by atoms with van der Waals surface area (Å²) in [6.07, 6.45) is 13.9. The van der Waals surface area contributed by atoms with E-state index in [9.17, 15) is 4.79 Å². The first-order chi connectivity index (χ1) is 7.34. The van der Waals surface area contributed by atoms with E-state index in [0.717, 1.165) is 24.7 Å². The number of Topliss-reactive ketones (excluding diaryl/α,β-unsaturated/α-hetero) is 1. The van der Waals surface area contributed by atoms with E-state index in [4.69, 9.17) is 0 Å². The molecule has 0 N–H and O–H groups in total. The van der Waals surface area contributed by atoms with Crippen LogP contribution in [0.5, 0.6) is 0 Å². The van der Waals surface area contributed by atoms with Gasteiger partial charge in [-0.05, 0) is 18.3 Å². The lowest BCUT2D eigenvalue weighted by Crippen LogP contribution is -2.07. The van der Waals surface area contributed by atoms with Crippen LogP contribution in [0.2, 0.25) is 0 Å². The fraction of sp³-hybridized carbons (Fsp3) is 0.929. The van der Waals surface area contributed by atoms with Crippen LogP contribution in [0.3, 0.4) is 0 Å². The minimum absolute atomic E-state index is 0.550. The minimum Gasteiger partial charge on any atom is -0.300 e. The summed E-state index contributed by atoms with van der Waals surface area (Å²) < 4.78 is 0. The maximum Gasteiger partial charge on any atom is 0.133 e. The van der Waals surface area contributed by atoms with Crippen molar-refractivity contribution in [2.24, 2.45) is 11.8 Å². The third kappa shape index (κ3) is 3.62. The molecule has 0 aromatic rings. The molecule has 1 heteroatoms. The summed E-state index contributed by atoms with van der Waals surface area (Å²) in [7, 11) is 0. The molecule has 15 heavy (non-hydrogen) atoms. The predicted molar refractivity (Wildman–Crippen MR) is 62.8 cm³/mol. The molecule has 0 aliphatic heterocycles. The van der Waals surface area contributed by atoms with E-state index in [0.29, 0.717) is 5.78 Å². The molecule has 0 amide bonds. The number of carbonyl (C=O) groups excluding carboxylic acids is 1. The van der Waals surface area contributed by atoms with Crippen molar-refractivity contribution in [1.29, 1.82) is 0 Å². The van der Waals surface area contributed by atoms with Crippen LogP contribution < -0.4 is 0 Å². The lowest BCUT2D eigenvalue weighted by atomic mass is 9.95. The Morgan fingerprint density at radius 3 is 2.00 bits per heavy atom. The SMILES string of the molecule is O=C(CCC1CCCC1)CC1CCCC1. The monoisotopic (exact) mass is 208 g/mol. The molecule has 2 aliphatic carbocycles. The molecule has 2 aliphatic rings. The van der Waals surface area contributed by atoms with E-state index in [-0.39, 0.29) is 0 Å². The summed E-state index contributed by atoms with van der Waals surface area (Å²) in [5.74, 6) is 2.19. The molecule has 0 aromatic heterocycles. The first-order valence-corrected chi connectivity index (χ1v) is 6.86. The Morgan fingerprint density at radius 2 is 1.40 bits per heavy atom. The summed E-state index contributed by atoms with van der Waals surface area (Å²) in [4.78, 5) is 11.8. The van der Waals surface area contributed by atoms with Gasteiger partial charge in [0.1, 0.15) is 5.78 Å². The van der Waals surface area contributed by atoms with Gasteiger partial charge in [0, 0.05) is 12.8 Å². The van der Waals surface area contributed by atoms with Crippen LogP contribution in [0.4, 0.5) is 0 Å². The third-order valence-electron chi connectivity index (χ3n) is 4.30. The third-order valence-corrected chi connectivity index (χ3v) is 4.30. The molecule has 0 unspecified atom stereocenters. The van der Waals surface area contributed by atoms with Crippen molar-refractivity contribution in [3.05, 3.63) is 0 Å². The smallest absolute Gasteiger partial charge is 0.133 e. The van der Waals surface area contributed by atoms with E-state index < -0.39 is 0 Å². The topological polar surface area (TPSA) is 17.1 Å². The summed E-state index contributed by atoms with van der Waals surface area (Å²) in [5, 5.41) is 0. The maximum absolute atomic E-state index is 11.8. The van der Waals surface area contributed by atoms with Gasteiger partial charge in [-0.2, -0.15) is 0 Å². The summed E-state index contributed by atoms with van der Waals surface area (Å²) >= 11 is 0. The zero-order valence-electron chi connectivity index (χ0n) is 9.84. The molecule has 0 aromatic carbocycles. The van der Waals surface area contributed by atoms with Crippen LogP contribution in [0.1, 0.15) is 70.6 Å². The van der Waals surface area contributed by atoms with E-state index in [1.54, 1.807) is 0 Å². The normalized spacial score (nSPS) is 23.7. The first kappa shape index (κ1) is 11.2. The van der Waals surface area contributed by atoms with Crippen molar-refractivity contribution in [3.63, 3.8) is 0 Å². The molecule has 0 saturated heterocycles. The van der Waals surface area contributed by atoms with Gasteiger partial charge in [0.2, 0.25) is 0 Å². The second-order valence-corrected chi connectivity index (χ2v) is 5.58. The van der Waals surface area contributed by atoms with Crippen LogP contribution >= 0.6 is 0 Å². The first-order valence-electron chi connectivity index (χ1n) is 6.86. The highest BCUT2D eigenvalue weighted by atomic mass is 16.1. The lowest BCUT2D eigenvalue weighted by molar-refractivity contribution is -0.120. The van der Waals surface area contributed by atoms with Gasteiger partial charge in [-0.3, -0.25) is 4.79 Å². The zero-order chi connectivity index (χ0) is 10.5. The molecule has 2 saturated carbocycles. The van der Waals surface area contributed by atoms with Crippen LogP contribution in [0.25, 0.3) is 0 Å². The number of hydrogen-bond acceptors (Lipinski definition) is 1. The van der Waals surface area contributed by atoms with Gasteiger partial charge in [-0.1, -0.05) is 51.4 Å². The highest BCUT2D eigenvalue weighted by Crippen LogP contribution is 2.31. The zero-order valence-corrected chi connectivity index (χ0v) is 9.84. The second kappa shape index (κ2) is 5.67. The van der Waals surface area contributed by atoms with Crippen molar-refractivity contribution in [1.82, 2.24) is 0 Å². The number of rotatable bonds is 5. The second-order valence-electron chi connectivity index (χ2n) is 5.58. The lowest BCUT2D eigenvalue weighted by Gasteiger charge is -2.10. The molecule has 86 valence electrons. The number of carbonyl (C=O) groups is 1. The van der Waals surface area contributed by atoms with Gasteiger partial charge in [-0.15, -0.1) is 0 Å². The Morgan fingerprint density at radius 1 is 0.867 bits per heavy atom. The minimum atomic E-state index is 0.550. The molecule has 0 heterocycles. The molecule has 0 spiro atoms. The summed E-state index contributed by atoms with van der Waals surface area (Å²) in [6.45, 7) is 0. The van der Waals surface area contributed by atoms with Crippen LogP contribution in [0.15, 0.2) is 0 Å². The molecule has 2 rings (SSSR count). The highest BCUT2D eigenvalue weighted by Gasteiger charge is 2.20. The number of hydrogen-bond donors (Lipinski definition) is 0. The summed E-state index contributed by atoms with van der Waals surface area (Å²) in [6, 6.07) is 0. The van der Waals surface area contributed by atoms with E-state index in [1.807, 2.05) is 0 Å². The fourth-order valence-electron chi connectivity index (χ4n) is 3.30. The van der Waals surface area contributed by atoms with Gasteiger partial charge < -0.3 is 0 Å². The Balaban J connectivity index is 1.59. The van der Waals surface area contributed by atoms with Crippen LogP contribution in [-0.2, 0) is 4.79 Å². The van der Waals surface area contributed by atoms with Crippen molar-refractivity contribution in [2.45, 2.75) is 70.6 Å². The predicted octanol–water partition coefficient (Wildman–Crippen LogP) is 4.11. The van der Waals surface area contributed by atoms with Gasteiger partial charge in [0.05, 0.1) is 0 Å². The molecular weight excluding hydrogens is 184 g/mol. The van der Waals surface area contributed by atoms with Crippen LogP contribution in [-0.4, -0.2) is 5.78 Å². The van der Waals surface area contributed by atoms with Gasteiger partial charge in [0.25, 0.3) is 0 Å². The van der Waals surface area contributed by atoms with Crippen molar-refractivity contribution in [3.8, 4) is 0 Å². The average Bonchev–Trinajstić information content (AvgIpc) is 2.86. The van der Waals surface area contributed by atoms with Crippen molar-refractivity contribution >= 4 is 5.78 Å². The fourth-order valence-corrected chi connectivity index (χ4v) is 3.30. The quantitative estimate of drug-likeness (QED) is 0.664. The molecule has 1 nitrogen and oxygen atoms in total. The van der Waals surface area contributed by atoms with Gasteiger partial charge >= 0.3 is 0 Å². The largest absolute Gasteiger partial charge is 0.300 e. The Labute approximate surface area is 93.6 Å². The molecular formula is C14H24O. The average molecular weight is 208 g/mol. The Kier molecular flexibility index (Phi) is 4.22. The summed E-state index contributed by atoms with van der Waals surface area (Å²) in [5.41, 5.74) is 0. The van der Waals surface area contributed by atoms with Gasteiger partial charge in [-0.25, -0.2) is 0 Å². The Hall–Kier alpha value is -0.330. The standard InChI is InChI=1S/C14H24O/c15-14(11-13-7-3-4-8-13)10-9-12-5-1-2-6-12/h12-13H,1-11H2. The van der Waals surface area contributed by atoms with Crippen LogP contribution in [0, 0.1) is 11.8 Å². The number of ketones is 1.